The molecule has 1 aliphatic rings. The zero-order chi connectivity index (χ0) is 23.9. The average Bonchev–Trinajstić information content (AvgIpc) is 3.20. The largest absolute Gasteiger partial charge is 0.711 e. The van der Waals surface area contributed by atoms with Gasteiger partial charge in [0.2, 0.25) is 11.8 Å². The predicted octanol–water partition coefficient (Wildman–Crippen LogP) is 2.20. The molecule has 4 rings (SSSR count). The number of carbonyl (C=O) groups is 3. The maximum Gasteiger partial charge on any atom is 0.269 e. The van der Waals surface area contributed by atoms with E-state index < -0.39 is 29.4 Å². The number of aromatic nitrogens is 2. The number of phenols is 1. The number of ketones is 1. The Hall–Kier alpha value is -3.94. The first kappa shape index (κ1) is 22.3. The Morgan fingerprint density at radius 2 is 1.76 bits per heavy atom. The van der Waals surface area contributed by atoms with Gasteiger partial charge in [0.25, 0.3) is 5.82 Å². The number of hydrogen-bond donors (Lipinski definition) is 1. The summed E-state index contributed by atoms with van der Waals surface area (Å²) in [5, 5.41) is 23.2. The number of amides is 2. The summed E-state index contributed by atoms with van der Waals surface area (Å²) in [6, 6.07) is 15.7. The molecule has 33 heavy (non-hydrogen) atoms. The van der Waals surface area contributed by atoms with Crippen molar-refractivity contribution in [1.82, 2.24) is 9.47 Å². The molecule has 1 aliphatic heterocycles. The normalized spacial score (nSPS) is 16.9. The molecule has 0 radical (unpaired) electrons. The zero-order valence-corrected chi connectivity index (χ0v) is 18.7. The number of likely N-dealkylation sites (tertiary alicyclic amines) is 1. The summed E-state index contributed by atoms with van der Waals surface area (Å²) < 4.78 is 2.60. The van der Waals surface area contributed by atoms with Crippen LogP contribution in [0, 0.1) is 25.0 Å². The fourth-order valence-electron chi connectivity index (χ4n) is 4.46. The van der Waals surface area contributed by atoms with Crippen molar-refractivity contribution in [1.29, 1.82) is 0 Å². The minimum absolute atomic E-state index is 0.0222. The van der Waals surface area contributed by atoms with E-state index in [4.69, 9.17) is 0 Å². The van der Waals surface area contributed by atoms with Gasteiger partial charge in [-0.2, -0.15) is 0 Å². The fraction of sp³-hybridized carbons (Fsp3) is 0.280. The van der Waals surface area contributed by atoms with E-state index in [1.807, 2.05) is 41.8 Å². The third-order valence-corrected chi connectivity index (χ3v) is 6.34. The molecule has 0 unspecified atom stereocenters. The van der Waals surface area contributed by atoms with Gasteiger partial charge in [-0.15, -0.1) is 0 Å². The number of carbonyl (C=O) groups excluding carboxylic acids is 3. The van der Waals surface area contributed by atoms with Gasteiger partial charge in [-0.3, -0.25) is 19.3 Å². The van der Waals surface area contributed by atoms with E-state index in [0.717, 1.165) is 15.2 Å². The quantitative estimate of drug-likeness (QED) is 0.367. The van der Waals surface area contributed by atoms with Crippen LogP contribution in [-0.4, -0.2) is 38.7 Å². The van der Waals surface area contributed by atoms with Crippen LogP contribution in [0.25, 0.3) is 0 Å². The highest BCUT2D eigenvalue weighted by molar-refractivity contribution is 6.15. The third kappa shape index (κ3) is 3.88. The molecule has 1 saturated heterocycles. The molecule has 170 valence electrons. The lowest BCUT2D eigenvalue weighted by Gasteiger charge is -2.22. The summed E-state index contributed by atoms with van der Waals surface area (Å²) in [4.78, 5) is 39.1. The van der Waals surface area contributed by atoms with Crippen LogP contribution in [0.2, 0.25) is 0 Å². The van der Waals surface area contributed by atoms with E-state index in [2.05, 4.69) is 0 Å². The van der Waals surface area contributed by atoms with E-state index in [1.54, 1.807) is 19.1 Å². The molecular formula is C25H25N3O5. The summed E-state index contributed by atoms with van der Waals surface area (Å²) in [5.41, 5.74) is 2.66. The molecule has 8 nitrogen and oxygen atoms in total. The van der Waals surface area contributed by atoms with Gasteiger partial charge >= 0.3 is 0 Å². The monoisotopic (exact) mass is 447 g/mol. The average molecular weight is 447 g/mol. The van der Waals surface area contributed by atoms with Gasteiger partial charge in [0.1, 0.15) is 35.5 Å². The number of nitrogens with zero attached hydrogens (tertiary/aromatic N) is 3. The third-order valence-electron chi connectivity index (χ3n) is 6.34. The highest BCUT2D eigenvalue weighted by Gasteiger charge is 2.50. The van der Waals surface area contributed by atoms with Gasteiger partial charge in [-0.25, -0.2) is 9.30 Å². The SMILES string of the molecule is CC(=O)N1CC(=O)[C@H]([C@H](c2ccc(O)cc2)c2n(Cc3ccccc3)c(C)c(C)[n+]2[O-])C1=O. The zero-order valence-electron chi connectivity index (χ0n) is 18.7. The molecule has 1 fully saturated rings. The van der Waals surface area contributed by atoms with Crippen molar-refractivity contribution in [3.8, 4) is 5.75 Å². The molecule has 2 amide bonds. The molecule has 2 heterocycles. The number of hydrogen-bond acceptors (Lipinski definition) is 5. The summed E-state index contributed by atoms with van der Waals surface area (Å²) in [6.07, 6.45) is 0. The molecule has 1 N–H and O–H groups in total. The summed E-state index contributed by atoms with van der Waals surface area (Å²) in [7, 11) is 0. The highest BCUT2D eigenvalue weighted by atomic mass is 16.5. The van der Waals surface area contributed by atoms with Gasteiger partial charge in [0, 0.05) is 20.8 Å². The molecule has 0 bridgehead atoms. The van der Waals surface area contributed by atoms with Gasteiger partial charge in [0.05, 0.1) is 6.54 Å². The number of aromatic hydroxyl groups is 1. The van der Waals surface area contributed by atoms with E-state index in [0.29, 0.717) is 23.5 Å². The second kappa shape index (κ2) is 8.54. The van der Waals surface area contributed by atoms with Gasteiger partial charge in [-0.05, 0) is 23.3 Å². The van der Waals surface area contributed by atoms with Crippen LogP contribution in [0.1, 0.15) is 41.2 Å². The maximum absolute atomic E-state index is 13.4. The van der Waals surface area contributed by atoms with Crippen LogP contribution in [0.5, 0.6) is 5.75 Å². The molecule has 2 atom stereocenters. The summed E-state index contributed by atoms with van der Waals surface area (Å²) >= 11 is 0. The predicted molar refractivity (Wildman–Crippen MR) is 119 cm³/mol. The summed E-state index contributed by atoms with van der Waals surface area (Å²) in [6.45, 7) is 4.82. The van der Waals surface area contributed by atoms with E-state index in [1.165, 1.54) is 19.1 Å². The Bertz CT molecular complexity index is 1230. The van der Waals surface area contributed by atoms with Crippen molar-refractivity contribution >= 4 is 17.6 Å². The Balaban J connectivity index is 1.93. The first-order chi connectivity index (χ1) is 15.7. The first-order valence-corrected chi connectivity index (χ1v) is 10.7. The second-order valence-corrected chi connectivity index (χ2v) is 8.35. The van der Waals surface area contributed by atoms with Gasteiger partial charge < -0.3 is 10.3 Å². The maximum atomic E-state index is 13.4. The van der Waals surface area contributed by atoms with E-state index in [-0.39, 0.29) is 18.1 Å². The standard InChI is InChI=1S/C25H25N3O5/c1-15-16(2)28(33)24(26(15)13-18-7-5-4-6-8-18)22(19-9-11-20(30)12-10-19)23-21(31)14-27(17(3)29)25(23)32/h4-12,22-23,30H,13-14H2,1-3H3/t22-,23+/m0/s1. The molecule has 2 aromatic carbocycles. The second-order valence-electron chi connectivity index (χ2n) is 8.35. The van der Waals surface area contributed by atoms with Crippen molar-refractivity contribution in [2.24, 2.45) is 5.92 Å². The summed E-state index contributed by atoms with van der Waals surface area (Å²) in [5.74, 6) is -3.43. The highest BCUT2D eigenvalue weighted by Crippen LogP contribution is 2.37. The van der Waals surface area contributed by atoms with Crippen LogP contribution in [-0.2, 0) is 20.9 Å². The number of Topliss-reactive ketones (excluding diaryl/α,β-unsaturated/α-hetero) is 1. The Morgan fingerprint density at radius 3 is 2.33 bits per heavy atom. The van der Waals surface area contributed by atoms with Crippen molar-refractivity contribution in [3.63, 3.8) is 0 Å². The number of rotatable bonds is 5. The first-order valence-electron chi connectivity index (χ1n) is 10.7. The van der Waals surface area contributed by atoms with E-state index in [9.17, 15) is 24.7 Å². The lowest BCUT2D eigenvalue weighted by molar-refractivity contribution is -0.621. The van der Waals surface area contributed by atoms with Crippen molar-refractivity contribution in [2.45, 2.75) is 33.2 Å². The molecular weight excluding hydrogens is 422 g/mol. The van der Waals surface area contributed by atoms with Crippen LogP contribution >= 0.6 is 0 Å². The molecule has 0 saturated carbocycles. The Morgan fingerprint density at radius 1 is 1.12 bits per heavy atom. The Kier molecular flexibility index (Phi) is 5.76. The van der Waals surface area contributed by atoms with Crippen LogP contribution in [0.4, 0.5) is 0 Å². The molecule has 0 aliphatic carbocycles. The lowest BCUT2D eigenvalue weighted by Crippen LogP contribution is -2.41. The van der Waals surface area contributed by atoms with E-state index >= 15 is 0 Å². The minimum atomic E-state index is -1.22. The van der Waals surface area contributed by atoms with Gasteiger partial charge in [-0.1, -0.05) is 42.5 Å². The number of imide groups is 1. The topological polar surface area (TPSA) is 107 Å². The minimum Gasteiger partial charge on any atom is -0.711 e. The number of imidazole rings is 1. The number of benzene rings is 2. The Labute approximate surface area is 191 Å². The lowest BCUT2D eigenvalue weighted by atomic mass is 9.83. The molecule has 1 aromatic heterocycles. The van der Waals surface area contributed by atoms with Crippen LogP contribution in [0.3, 0.4) is 0 Å². The van der Waals surface area contributed by atoms with Gasteiger partial charge in [0.15, 0.2) is 5.78 Å². The van der Waals surface area contributed by atoms with Crippen LogP contribution in [0.15, 0.2) is 54.6 Å². The van der Waals surface area contributed by atoms with Crippen molar-refractivity contribution < 1.29 is 24.2 Å². The molecule has 3 aromatic rings. The van der Waals surface area contributed by atoms with Crippen molar-refractivity contribution in [2.75, 3.05) is 6.54 Å². The van der Waals surface area contributed by atoms with Crippen molar-refractivity contribution in [3.05, 3.63) is 88.1 Å². The smallest absolute Gasteiger partial charge is 0.269 e. The number of phenolic OH excluding ortho intramolecular Hbond substituents is 1. The molecule has 0 spiro atoms. The molecule has 8 heteroatoms. The fourth-order valence-corrected chi connectivity index (χ4v) is 4.46. The van der Waals surface area contributed by atoms with Crippen LogP contribution < -0.4 is 4.73 Å².